The summed E-state index contributed by atoms with van der Waals surface area (Å²) in [6.45, 7) is 0. The standard InChI is InChI=1S/Fe.Li.Mn.O.H/q;+1;;;-1. The van der Waals surface area contributed by atoms with Crippen molar-refractivity contribution in [2.75, 3.05) is 0 Å². The quantitative estimate of drug-likeness (QED) is 0.323. The summed E-state index contributed by atoms with van der Waals surface area (Å²) in [7, 11) is 0. The molecule has 0 amide bonds. The van der Waals surface area contributed by atoms with E-state index in [4.69, 9.17) is 3.83 Å². The normalized spacial score (nSPS) is 1.25. The van der Waals surface area contributed by atoms with Crippen molar-refractivity contribution in [3.05, 3.63) is 0 Å². The van der Waals surface area contributed by atoms with Crippen LogP contribution in [0.4, 0.5) is 0 Å². The van der Waals surface area contributed by atoms with Crippen LogP contribution in [-0.4, -0.2) is 0 Å². The molecule has 0 saturated carbocycles. The van der Waals surface area contributed by atoms with Gasteiger partial charge in [0.2, 0.25) is 0 Å². The summed E-state index contributed by atoms with van der Waals surface area (Å²) in [4.78, 5) is 0. The fourth-order valence-corrected chi connectivity index (χ4v) is 0. The molecule has 0 aliphatic carbocycles. The Morgan fingerprint density at radius 1 is 1.50 bits per heavy atom. The summed E-state index contributed by atoms with van der Waals surface area (Å²) >= 11 is 2.00. The Hall–Kier alpha value is 1.44. The van der Waals surface area contributed by atoms with Gasteiger partial charge in [-0.3, -0.25) is 0 Å². The molecule has 0 atom stereocenters. The van der Waals surface area contributed by atoms with Gasteiger partial charge in [-0.15, -0.1) is 0 Å². The van der Waals surface area contributed by atoms with Crippen molar-refractivity contribution in [2.45, 2.75) is 0 Å². The van der Waals surface area contributed by atoms with Crippen molar-refractivity contribution in [3.8, 4) is 0 Å². The molecule has 23 valence electrons. The first kappa shape index (κ1) is 18.0. The molecule has 0 bridgehead atoms. The minimum absolute atomic E-state index is 0. The zero-order chi connectivity index (χ0) is 2.00. The molecule has 0 fully saturated rings. The number of hydrogen-bond acceptors (Lipinski definition) is 1. The molecule has 0 aromatic carbocycles. The molecule has 0 aromatic rings. The molecule has 4 heteroatoms. The topological polar surface area (TPSA) is 17.1 Å². The average Bonchev–Trinajstić information content (AvgIpc) is 1.00. The Morgan fingerprint density at radius 2 is 1.50 bits per heavy atom. The second kappa shape index (κ2) is 25.4. The molecule has 0 N–H and O–H groups in total. The van der Waals surface area contributed by atoms with E-state index in [-0.39, 0.29) is 37.4 Å². The van der Waals surface area contributed by atoms with Gasteiger partial charge < -0.3 is 1.43 Å². The Kier molecular flexibility index (Phi) is 114. The summed E-state index contributed by atoms with van der Waals surface area (Å²) in [5.74, 6) is 0. The van der Waals surface area contributed by atoms with Gasteiger partial charge in [-0.2, -0.15) is 0 Å². The molecule has 1 radical (unpaired) electrons. The van der Waals surface area contributed by atoms with Crippen molar-refractivity contribution < 1.29 is 57.1 Å². The van der Waals surface area contributed by atoms with Crippen LogP contribution in [0.15, 0.2) is 0 Å². The third kappa shape index (κ3) is 9.89. The maximum atomic E-state index is 8.00. The predicted octanol–water partition coefficient (Wildman–Crippen LogP) is -3.01. The SMILES string of the molecule is [H-].[Li+].[Mn].[O]=[Fe]. The molecular weight excluding hydrogens is 134 g/mol. The van der Waals surface area contributed by atoms with Crippen LogP contribution in [-0.2, 0) is 36.8 Å². The summed E-state index contributed by atoms with van der Waals surface area (Å²) in [6.07, 6.45) is 0. The van der Waals surface area contributed by atoms with Gasteiger partial charge in [-0.25, -0.2) is 0 Å². The van der Waals surface area contributed by atoms with Gasteiger partial charge in [0.15, 0.2) is 0 Å². The van der Waals surface area contributed by atoms with Crippen LogP contribution in [0, 0.1) is 0 Å². The van der Waals surface area contributed by atoms with E-state index in [1.807, 2.05) is 15.9 Å². The van der Waals surface area contributed by atoms with Crippen LogP contribution < -0.4 is 18.9 Å². The molecule has 0 aliphatic heterocycles. The summed E-state index contributed by atoms with van der Waals surface area (Å²) in [6, 6.07) is 0. The van der Waals surface area contributed by atoms with Crippen LogP contribution in [0.1, 0.15) is 1.43 Å². The monoisotopic (exact) mass is 135 g/mol. The Morgan fingerprint density at radius 3 is 1.50 bits per heavy atom. The van der Waals surface area contributed by atoms with Gasteiger partial charge in [0.1, 0.15) is 0 Å². The van der Waals surface area contributed by atoms with E-state index in [1.165, 1.54) is 0 Å². The van der Waals surface area contributed by atoms with Crippen molar-refractivity contribution >= 4 is 0 Å². The molecule has 0 heterocycles. The van der Waals surface area contributed by atoms with Crippen molar-refractivity contribution in [2.24, 2.45) is 0 Å². The van der Waals surface area contributed by atoms with Gasteiger partial charge in [0.25, 0.3) is 0 Å². The van der Waals surface area contributed by atoms with Crippen molar-refractivity contribution in [1.82, 2.24) is 0 Å². The van der Waals surface area contributed by atoms with Gasteiger partial charge in [-0.05, 0) is 0 Å². The third-order valence-electron chi connectivity index (χ3n) is 0. The zero-order valence-electron chi connectivity index (χ0n) is 3.14. The second-order valence-corrected chi connectivity index (χ2v) is 0. The fourth-order valence-electron chi connectivity index (χ4n) is 0. The van der Waals surface area contributed by atoms with Gasteiger partial charge >= 0.3 is 38.6 Å². The molecule has 0 unspecified atom stereocenters. The van der Waals surface area contributed by atoms with Crippen molar-refractivity contribution in [3.63, 3.8) is 0 Å². The molecule has 1 nitrogen and oxygen atoms in total. The summed E-state index contributed by atoms with van der Waals surface area (Å²) in [5.41, 5.74) is 0. The van der Waals surface area contributed by atoms with Crippen LogP contribution in [0.25, 0.3) is 0 Å². The predicted molar refractivity (Wildman–Crippen MR) is 1.80 cm³/mol. The fraction of sp³-hybridized carbons (Fsp3) is 0. The Labute approximate surface area is 57.1 Å². The van der Waals surface area contributed by atoms with Crippen LogP contribution in [0.5, 0.6) is 0 Å². The summed E-state index contributed by atoms with van der Waals surface area (Å²) in [5, 5.41) is 0. The van der Waals surface area contributed by atoms with Crippen LogP contribution >= 0.6 is 0 Å². The first-order chi connectivity index (χ1) is 1.00. The van der Waals surface area contributed by atoms with Crippen LogP contribution in [0.3, 0.4) is 0 Å². The molecule has 4 heavy (non-hydrogen) atoms. The van der Waals surface area contributed by atoms with Crippen LogP contribution in [0.2, 0.25) is 0 Å². The molecule has 0 aromatic heterocycles. The molecule has 0 spiro atoms. The Bertz CT molecular complexity index is 11.6. The number of rotatable bonds is 0. The first-order valence-electron chi connectivity index (χ1n) is 0.144. The number of hydrogen-bond donors (Lipinski definition) is 0. The molecule has 0 rings (SSSR count). The third-order valence-corrected chi connectivity index (χ3v) is 0. The van der Waals surface area contributed by atoms with Gasteiger partial charge in [0.05, 0.1) is 0 Å². The van der Waals surface area contributed by atoms with E-state index < -0.39 is 0 Å². The van der Waals surface area contributed by atoms with Crippen molar-refractivity contribution in [1.29, 1.82) is 0 Å². The maximum absolute atomic E-state index is 8.00. The van der Waals surface area contributed by atoms with Gasteiger partial charge in [0, 0.05) is 17.1 Å². The summed E-state index contributed by atoms with van der Waals surface area (Å²) < 4.78 is 8.00. The van der Waals surface area contributed by atoms with E-state index in [2.05, 4.69) is 0 Å². The van der Waals surface area contributed by atoms with E-state index in [9.17, 15) is 0 Å². The van der Waals surface area contributed by atoms with E-state index in [1.54, 1.807) is 0 Å². The molecular formula is HFeLiMnO. The van der Waals surface area contributed by atoms with E-state index >= 15 is 0 Å². The minimum atomic E-state index is 0. The average molecular weight is 135 g/mol. The molecule has 0 aliphatic rings. The first-order valence-corrected chi connectivity index (χ1v) is 0.595. The van der Waals surface area contributed by atoms with Gasteiger partial charge in [-0.1, -0.05) is 0 Å². The van der Waals surface area contributed by atoms with E-state index in [0.717, 1.165) is 0 Å². The molecule has 0 saturated heterocycles. The zero-order valence-corrected chi connectivity index (χ0v) is 4.42. The van der Waals surface area contributed by atoms with E-state index in [0.29, 0.717) is 0 Å². The second-order valence-electron chi connectivity index (χ2n) is 0. The Balaban J connectivity index is -0.00000000167.